The first-order valence-corrected chi connectivity index (χ1v) is 11.7. The SMILES string of the molecule is CNc1nc(-c2ccc(F)cc2)c(CCN2CCC(c3c[nH]c4ccccc34)CC2)s1. The van der Waals surface area contributed by atoms with Crippen molar-refractivity contribution in [3.8, 4) is 11.3 Å². The van der Waals surface area contributed by atoms with E-state index in [0.717, 1.165) is 42.4 Å². The van der Waals surface area contributed by atoms with E-state index in [1.165, 1.54) is 46.3 Å². The highest BCUT2D eigenvalue weighted by Gasteiger charge is 2.23. The third-order valence-electron chi connectivity index (χ3n) is 6.33. The maximum Gasteiger partial charge on any atom is 0.183 e. The van der Waals surface area contributed by atoms with Crippen LogP contribution in [-0.4, -0.2) is 41.5 Å². The minimum absolute atomic E-state index is 0.215. The van der Waals surface area contributed by atoms with E-state index in [2.05, 4.69) is 45.7 Å². The Morgan fingerprint density at radius 3 is 2.68 bits per heavy atom. The van der Waals surface area contributed by atoms with Gasteiger partial charge in [0.25, 0.3) is 0 Å². The highest BCUT2D eigenvalue weighted by atomic mass is 32.1. The summed E-state index contributed by atoms with van der Waals surface area (Å²) >= 11 is 1.70. The molecular formula is C25H27FN4S. The summed E-state index contributed by atoms with van der Waals surface area (Å²) in [6, 6.07) is 15.3. The molecule has 0 amide bonds. The maximum absolute atomic E-state index is 13.3. The van der Waals surface area contributed by atoms with E-state index in [1.54, 1.807) is 11.3 Å². The lowest BCUT2D eigenvalue weighted by atomic mass is 9.89. The number of hydrogen-bond donors (Lipinski definition) is 2. The number of benzene rings is 2. The first-order chi connectivity index (χ1) is 15.2. The van der Waals surface area contributed by atoms with Gasteiger partial charge >= 0.3 is 0 Å². The fourth-order valence-electron chi connectivity index (χ4n) is 4.62. The number of likely N-dealkylation sites (tertiary alicyclic amines) is 1. The van der Waals surface area contributed by atoms with Gasteiger partial charge in [0.2, 0.25) is 0 Å². The Hall–Kier alpha value is -2.70. The molecule has 1 aliphatic heterocycles. The molecular weight excluding hydrogens is 407 g/mol. The molecule has 6 heteroatoms. The zero-order valence-corrected chi connectivity index (χ0v) is 18.5. The van der Waals surface area contributed by atoms with Crippen LogP contribution >= 0.6 is 11.3 Å². The number of fused-ring (bicyclic) bond motifs is 1. The van der Waals surface area contributed by atoms with Crippen LogP contribution in [-0.2, 0) is 6.42 Å². The number of H-pyrrole nitrogens is 1. The fourth-order valence-corrected chi connectivity index (χ4v) is 5.55. The summed E-state index contributed by atoms with van der Waals surface area (Å²) < 4.78 is 13.3. The largest absolute Gasteiger partial charge is 0.365 e. The molecule has 0 saturated carbocycles. The lowest BCUT2D eigenvalue weighted by Crippen LogP contribution is -2.34. The number of piperidine rings is 1. The van der Waals surface area contributed by atoms with Crippen molar-refractivity contribution in [2.45, 2.75) is 25.2 Å². The molecule has 0 aliphatic carbocycles. The van der Waals surface area contributed by atoms with E-state index in [9.17, 15) is 4.39 Å². The summed E-state index contributed by atoms with van der Waals surface area (Å²) in [5.41, 5.74) is 4.66. The van der Waals surface area contributed by atoms with Crippen molar-refractivity contribution in [1.82, 2.24) is 14.9 Å². The molecule has 5 rings (SSSR count). The summed E-state index contributed by atoms with van der Waals surface area (Å²) in [5.74, 6) is 0.411. The van der Waals surface area contributed by atoms with E-state index in [1.807, 2.05) is 19.2 Å². The Labute approximate surface area is 186 Å². The average Bonchev–Trinajstić information content (AvgIpc) is 3.43. The third kappa shape index (κ3) is 4.23. The molecule has 0 spiro atoms. The van der Waals surface area contributed by atoms with Gasteiger partial charge in [-0.1, -0.05) is 18.2 Å². The van der Waals surface area contributed by atoms with Crippen molar-refractivity contribution in [2.75, 3.05) is 32.0 Å². The molecule has 1 saturated heterocycles. The van der Waals surface area contributed by atoms with Crippen molar-refractivity contribution in [3.63, 3.8) is 0 Å². The molecule has 31 heavy (non-hydrogen) atoms. The first kappa shape index (κ1) is 20.2. The monoisotopic (exact) mass is 434 g/mol. The van der Waals surface area contributed by atoms with Crippen molar-refractivity contribution in [1.29, 1.82) is 0 Å². The van der Waals surface area contributed by atoms with Crippen molar-refractivity contribution in [2.24, 2.45) is 0 Å². The molecule has 4 aromatic rings. The van der Waals surface area contributed by atoms with Crippen molar-refractivity contribution in [3.05, 3.63) is 71.0 Å². The summed E-state index contributed by atoms with van der Waals surface area (Å²) in [7, 11) is 1.90. The third-order valence-corrected chi connectivity index (χ3v) is 7.47. The Bertz CT molecular complexity index is 1160. The van der Waals surface area contributed by atoms with Gasteiger partial charge in [-0.2, -0.15) is 0 Å². The summed E-state index contributed by atoms with van der Waals surface area (Å²) in [6.45, 7) is 3.27. The summed E-state index contributed by atoms with van der Waals surface area (Å²) in [6.07, 6.45) is 5.55. The molecule has 0 bridgehead atoms. The fraction of sp³-hybridized carbons (Fsp3) is 0.320. The van der Waals surface area contributed by atoms with Crippen LogP contribution in [0.5, 0.6) is 0 Å². The average molecular weight is 435 g/mol. The van der Waals surface area contributed by atoms with Crippen LogP contribution in [0.15, 0.2) is 54.7 Å². The standard InChI is InChI=1S/C25H27FN4S/c1-27-25-29-24(18-6-8-19(26)9-7-18)23(31-25)12-15-30-13-10-17(11-14-30)21-16-28-22-5-3-2-4-20(21)22/h2-9,16-17,28H,10-15H2,1H3,(H,27,29). The Balaban J connectivity index is 1.23. The number of aromatic amines is 1. The zero-order chi connectivity index (χ0) is 21.2. The van der Waals surface area contributed by atoms with Gasteiger partial charge in [0.15, 0.2) is 5.13 Å². The molecule has 1 fully saturated rings. The van der Waals surface area contributed by atoms with Crippen LogP contribution in [0.2, 0.25) is 0 Å². The topological polar surface area (TPSA) is 44.0 Å². The number of rotatable bonds is 6. The predicted octanol–water partition coefficient (Wildman–Crippen LogP) is 5.89. The highest BCUT2D eigenvalue weighted by Crippen LogP contribution is 2.34. The molecule has 0 radical (unpaired) electrons. The second kappa shape index (κ2) is 8.81. The van der Waals surface area contributed by atoms with Crippen LogP contribution in [0.3, 0.4) is 0 Å². The van der Waals surface area contributed by atoms with Gasteiger partial charge in [-0.15, -0.1) is 11.3 Å². The lowest BCUT2D eigenvalue weighted by Gasteiger charge is -2.31. The second-order valence-corrected chi connectivity index (χ2v) is 9.29. The number of para-hydroxylation sites is 1. The number of hydrogen-bond acceptors (Lipinski definition) is 4. The molecule has 0 unspecified atom stereocenters. The van der Waals surface area contributed by atoms with E-state index in [-0.39, 0.29) is 5.82 Å². The van der Waals surface area contributed by atoms with Gasteiger partial charge < -0.3 is 15.2 Å². The first-order valence-electron chi connectivity index (χ1n) is 10.9. The van der Waals surface area contributed by atoms with Gasteiger partial charge in [0.05, 0.1) is 5.69 Å². The van der Waals surface area contributed by atoms with Crippen LogP contribution in [0.25, 0.3) is 22.2 Å². The van der Waals surface area contributed by atoms with Gasteiger partial charge in [0, 0.05) is 41.1 Å². The number of halogens is 1. The van der Waals surface area contributed by atoms with E-state index in [0.29, 0.717) is 5.92 Å². The Kier molecular flexibility index (Phi) is 5.74. The van der Waals surface area contributed by atoms with Crippen LogP contribution in [0.1, 0.15) is 29.2 Å². The molecule has 4 nitrogen and oxygen atoms in total. The van der Waals surface area contributed by atoms with Crippen LogP contribution in [0, 0.1) is 5.82 Å². The van der Waals surface area contributed by atoms with Crippen molar-refractivity contribution < 1.29 is 4.39 Å². The van der Waals surface area contributed by atoms with Gasteiger partial charge in [-0.05, 0) is 74.2 Å². The van der Waals surface area contributed by atoms with Gasteiger partial charge in [-0.3, -0.25) is 0 Å². The number of anilines is 1. The van der Waals surface area contributed by atoms with Crippen LogP contribution < -0.4 is 5.32 Å². The summed E-state index contributed by atoms with van der Waals surface area (Å²) in [4.78, 5) is 12.0. The van der Waals surface area contributed by atoms with E-state index < -0.39 is 0 Å². The highest BCUT2D eigenvalue weighted by molar-refractivity contribution is 7.16. The smallest absolute Gasteiger partial charge is 0.183 e. The van der Waals surface area contributed by atoms with Gasteiger partial charge in [0.1, 0.15) is 5.82 Å². The maximum atomic E-state index is 13.3. The molecule has 2 aromatic heterocycles. The predicted molar refractivity (Wildman–Crippen MR) is 127 cm³/mol. The number of aromatic nitrogens is 2. The zero-order valence-electron chi connectivity index (χ0n) is 17.7. The molecule has 3 heterocycles. The minimum atomic E-state index is -0.215. The molecule has 0 atom stereocenters. The number of nitrogens with one attached hydrogen (secondary N) is 2. The normalized spacial score (nSPS) is 15.5. The summed E-state index contributed by atoms with van der Waals surface area (Å²) in [5, 5.41) is 5.44. The molecule has 2 aromatic carbocycles. The quantitative estimate of drug-likeness (QED) is 0.397. The number of nitrogens with zero attached hydrogens (tertiary/aromatic N) is 2. The Morgan fingerprint density at radius 1 is 1.13 bits per heavy atom. The number of thiazole rings is 1. The second-order valence-electron chi connectivity index (χ2n) is 8.20. The minimum Gasteiger partial charge on any atom is -0.365 e. The van der Waals surface area contributed by atoms with Crippen molar-refractivity contribution >= 4 is 27.4 Å². The van der Waals surface area contributed by atoms with E-state index in [4.69, 9.17) is 4.98 Å². The molecule has 1 aliphatic rings. The van der Waals surface area contributed by atoms with Gasteiger partial charge in [-0.25, -0.2) is 9.37 Å². The molecule has 160 valence electrons. The molecule has 2 N–H and O–H groups in total. The lowest BCUT2D eigenvalue weighted by molar-refractivity contribution is 0.215. The Morgan fingerprint density at radius 2 is 1.90 bits per heavy atom. The van der Waals surface area contributed by atoms with Crippen LogP contribution in [0.4, 0.5) is 9.52 Å². The van der Waals surface area contributed by atoms with E-state index >= 15 is 0 Å².